The Morgan fingerprint density at radius 3 is 2.76 bits per heavy atom. The largest absolute Gasteiger partial charge is 0.333 e. The lowest BCUT2D eigenvalue weighted by atomic mass is 10.0. The summed E-state index contributed by atoms with van der Waals surface area (Å²) in [6.45, 7) is 8.32. The van der Waals surface area contributed by atoms with E-state index in [1.165, 1.54) is 5.56 Å². The molecule has 1 atom stereocenters. The van der Waals surface area contributed by atoms with E-state index in [4.69, 9.17) is 11.6 Å². The van der Waals surface area contributed by atoms with E-state index in [2.05, 4.69) is 53.1 Å². The molecule has 0 saturated heterocycles. The van der Waals surface area contributed by atoms with E-state index in [-0.39, 0.29) is 6.04 Å². The van der Waals surface area contributed by atoms with Crippen molar-refractivity contribution in [2.24, 2.45) is 0 Å². The molecule has 0 fully saturated rings. The number of hydrogen-bond donors (Lipinski definition) is 1. The summed E-state index contributed by atoms with van der Waals surface area (Å²) in [6.07, 6.45) is 6.11. The average Bonchev–Trinajstić information content (AvgIpc) is 2.92. The zero-order chi connectivity index (χ0) is 15.2. The fourth-order valence-electron chi connectivity index (χ4n) is 2.45. The topological polar surface area (TPSA) is 29.9 Å². The lowest BCUT2D eigenvalue weighted by Gasteiger charge is -2.20. The first-order chi connectivity index (χ1) is 10.2. The minimum absolute atomic E-state index is 0.0876. The summed E-state index contributed by atoms with van der Waals surface area (Å²) < 4.78 is 2.22. The molecule has 1 heterocycles. The lowest BCUT2D eigenvalue weighted by Crippen LogP contribution is -2.26. The first-order valence-electron chi connectivity index (χ1n) is 7.67. The molecule has 4 heteroatoms. The number of nitrogens with one attached hydrogen (secondary N) is 1. The quantitative estimate of drug-likeness (QED) is 0.824. The Labute approximate surface area is 132 Å². The first-order valence-corrected chi connectivity index (χ1v) is 8.05. The molecule has 1 N–H and O–H groups in total. The van der Waals surface area contributed by atoms with Crippen LogP contribution < -0.4 is 5.32 Å². The van der Waals surface area contributed by atoms with E-state index >= 15 is 0 Å². The predicted molar refractivity (Wildman–Crippen MR) is 88.8 cm³/mol. The van der Waals surface area contributed by atoms with Crippen LogP contribution in [0.15, 0.2) is 30.6 Å². The van der Waals surface area contributed by atoms with Crippen molar-refractivity contribution >= 4 is 11.6 Å². The smallest absolute Gasteiger partial charge is 0.130 e. The van der Waals surface area contributed by atoms with E-state index in [0.29, 0.717) is 0 Å². The molecule has 0 spiro atoms. The summed E-state index contributed by atoms with van der Waals surface area (Å²) in [4.78, 5) is 4.57. The van der Waals surface area contributed by atoms with Gasteiger partial charge >= 0.3 is 0 Å². The van der Waals surface area contributed by atoms with Gasteiger partial charge in [0.2, 0.25) is 0 Å². The average molecular weight is 306 g/mol. The van der Waals surface area contributed by atoms with Crippen LogP contribution in [0.1, 0.15) is 49.7 Å². The fraction of sp³-hybridized carbons (Fsp3) is 0.471. The van der Waals surface area contributed by atoms with Gasteiger partial charge in [0.1, 0.15) is 5.82 Å². The molecule has 2 rings (SSSR count). The maximum atomic E-state index is 6.30. The second-order valence-corrected chi connectivity index (χ2v) is 5.78. The van der Waals surface area contributed by atoms with Crippen molar-refractivity contribution in [3.8, 4) is 0 Å². The Morgan fingerprint density at radius 2 is 2.10 bits per heavy atom. The van der Waals surface area contributed by atoms with Crippen molar-refractivity contribution in [2.45, 2.75) is 46.2 Å². The van der Waals surface area contributed by atoms with Crippen molar-refractivity contribution in [3.05, 3.63) is 52.6 Å². The number of nitrogens with zero attached hydrogens (tertiary/aromatic N) is 2. The van der Waals surface area contributed by atoms with E-state index in [9.17, 15) is 0 Å². The van der Waals surface area contributed by atoms with Crippen molar-refractivity contribution in [2.75, 3.05) is 6.54 Å². The summed E-state index contributed by atoms with van der Waals surface area (Å²) in [7, 11) is 0. The van der Waals surface area contributed by atoms with Gasteiger partial charge in [0.05, 0.1) is 6.04 Å². The molecular formula is C17H24ClN3. The van der Waals surface area contributed by atoms with E-state index < -0.39 is 0 Å². The van der Waals surface area contributed by atoms with Gasteiger partial charge in [-0.15, -0.1) is 0 Å². The number of aryl methyl sites for hydroxylation is 2. The van der Waals surface area contributed by atoms with Gasteiger partial charge in [-0.05, 0) is 43.5 Å². The Bertz CT molecular complexity index is 577. The molecule has 2 aromatic rings. The molecular weight excluding hydrogens is 282 g/mol. The molecule has 1 unspecified atom stereocenters. The second-order valence-electron chi connectivity index (χ2n) is 5.37. The SMILES string of the molecule is CCCNC(c1ccc(C)c(Cl)c1)c1nccn1CCC. The maximum absolute atomic E-state index is 6.30. The molecule has 0 saturated carbocycles. The summed E-state index contributed by atoms with van der Waals surface area (Å²) in [5.41, 5.74) is 2.27. The van der Waals surface area contributed by atoms with Crippen LogP contribution in [0, 0.1) is 6.92 Å². The van der Waals surface area contributed by atoms with Gasteiger partial charge in [-0.2, -0.15) is 0 Å². The third-order valence-electron chi connectivity index (χ3n) is 3.60. The number of imidazole rings is 1. The summed E-state index contributed by atoms with van der Waals surface area (Å²) in [5, 5.41) is 4.40. The fourth-order valence-corrected chi connectivity index (χ4v) is 2.64. The normalized spacial score (nSPS) is 12.6. The van der Waals surface area contributed by atoms with Crippen molar-refractivity contribution < 1.29 is 0 Å². The molecule has 0 aliphatic rings. The second kappa shape index (κ2) is 7.62. The van der Waals surface area contributed by atoms with E-state index in [0.717, 1.165) is 42.3 Å². The van der Waals surface area contributed by atoms with Gasteiger partial charge in [-0.25, -0.2) is 4.98 Å². The van der Waals surface area contributed by atoms with Crippen LogP contribution in [-0.4, -0.2) is 16.1 Å². The number of rotatable bonds is 7. The van der Waals surface area contributed by atoms with Crippen LogP contribution in [0.5, 0.6) is 0 Å². The molecule has 3 nitrogen and oxygen atoms in total. The molecule has 0 aliphatic carbocycles. The highest BCUT2D eigenvalue weighted by Gasteiger charge is 2.19. The minimum atomic E-state index is 0.0876. The van der Waals surface area contributed by atoms with E-state index in [1.54, 1.807) is 0 Å². The molecule has 1 aromatic heterocycles. The van der Waals surface area contributed by atoms with Crippen LogP contribution in [0.4, 0.5) is 0 Å². The highest BCUT2D eigenvalue weighted by Crippen LogP contribution is 2.25. The Kier molecular flexibility index (Phi) is 5.83. The highest BCUT2D eigenvalue weighted by atomic mass is 35.5. The van der Waals surface area contributed by atoms with Gasteiger partial charge in [0, 0.05) is 24.0 Å². The van der Waals surface area contributed by atoms with Gasteiger partial charge < -0.3 is 9.88 Å². The van der Waals surface area contributed by atoms with Gasteiger partial charge in [0.15, 0.2) is 0 Å². The van der Waals surface area contributed by atoms with E-state index in [1.807, 2.05) is 13.1 Å². The highest BCUT2D eigenvalue weighted by molar-refractivity contribution is 6.31. The van der Waals surface area contributed by atoms with Gasteiger partial charge in [-0.3, -0.25) is 0 Å². The molecule has 1 aromatic carbocycles. The summed E-state index contributed by atoms with van der Waals surface area (Å²) >= 11 is 6.30. The minimum Gasteiger partial charge on any atom is -0.333 e. The van der Waals surface area contributed by atoms with Crippen molar-refractivity contribution in [1.29, 1.82) is 0 Å². The molecule has 0 radical (unpaired) electrons. The Balaban J connectivity index is 2.37. The lowest BCUT2D eigenvalue weighted by molar-refractivity contribution is 0.530. The molecule has 21 heavy (non-hydrogen) atoms. The van der Waals surface area contributed by atoms with Gasteiger partial charge in [0.25, 0.3) is 0 Å². The van der Waals surface area contributed by atoms with Crippen molar-refractivity contribution in [1.82, 2.24) is 14.9 Å². The number of halogens is 1. The van der Waals surface area contributed by atoms with Crippen LogP contribution >= 0.6 is 11.6 Å². The van der Waals surface area contributed by atoms with Crippen LogP contribution in [0.3, 0.4) is 0 Å². The number of benzene rings is 1. The standard InChI is InChI=1S/C17H24ClN3/c1-4-8-19-16(14-7-6-13(3)15(18)12-14)17-20-9-11-21(17)10-5-2/h6-7,9,11-12,16,19H,4-5,8,10H2,1-3H3. The van der Waals surface area contributed by atoms with Crippen molar-refractivity contribution in [3.63, 3.8) is 0 Å². The third kappa shape index (κ3) is 3.86. The van der Waals surface area contributed by atoms with Crippen LogP contribution in [0.25, 0.3) is 0 Å². The summed E-state index contributed by atoms with van der Waals surface area (Å²) in [6, 6.07) is 6.35. The molecule has 0 aliphatic heterocycles. The number of hydrogen-bond acceptors (Lipinski definition) is 2. The summed E-state index contributed by atoms with van der Waals surface area (Å²) in [5.74, 6) is 1.06. The molecule has 0 amide bonds. The predicted octanol–water partition coefficient (Wildman–Crippen LogP) is 4.34. The first kappa shape index (κ1) is 16.1. The maximum Gasteiger partial charge on any atom is 0.130 e. The zero-order valence-corrected chi connectivity index (χ0v) is 13.8. The third-order valence-corrected chi connectivity index (χ3v) is 4.01. The monoisotopic (exact) mass is 305 g/mol. The number of aromatic nitrogens is 2. The van der Waals surface area contributed by atoms with Crippen LogP contribution in [-0.2, 0) is 6.54 Å². The Hall–Kier alpha value is -1.32. The van der Waals surface area contributed by atoms with Gasteiger partial charge in [-0.1, -0.05) is 37.6 Å². The zero-order valence-electron chi connectivity index (χ0n) is 13.1. The molecule has 114 valence electrons. The van der Waals surface area contributed by atoms with Crippen LogP contribution in [0.2, 0.25) is 5.02 Å². The Morgan fingerprint density at radius 1 is 1.29 bits per heavy atom. The molecule has 0 bridgehead atoms.